The van der Waals surface area contributed by atoms with E-state index in [2.05, 4.69) is 10.5 Å². The molecule has 6 heteroatoms. The van der Waals surface area contributed by atoms with Gasteiger partial charge in [-0.15, -0.1) is 0 Å². The van der Waals surface area contributed by atoms with Crippen molar-refractivity contribution in [1.82, 2.24) is 5.43 Å². The molecule has 2 aromatic rings. The number of ether oxygens (including phenoxy) is 3. The molecule has 0 heterocycles. The lowest BCUT2D eigenvalue weighted by atomic mass is 10.1. The van der Waals surface area contributed by atoms with Crippen LogP contribution in [0.25, 0.3) is 0 Å². The maximum absolute atomic E-state index is 11.8. The van der Waals surface area contributed by atoms with Crippen molar-refractivity contribution in [2.75, 3.05) is 20.8 Å². The first-order valence-electron chi connectivity index (χ1n) is 7.78. The van der Waals surface area contributed by atoms with E-state index in [1.54, 1.807) is 26.4 Å². The monoisotopic (exact) mass is 342 g/mol. The van der Waals surface area contributed by atoms with Crippen LogP contribution in [-0.2, 0) is 4.79 Å². The maximum Gasteiger partial charge on any atom is 0.277 e. The van der Waals surface area contributed by atoms with Crippen molar-refractivity contribution in [3.8, 4) is 17.2 Å². The Kier molecular flexibility index (Phi) is 6.39. The summed E-state index contributed by atoms with van der Waals surface area (Å²) in [7, 11) is 3.13. The lowest BCUT2D eigenvalue weighted by Gasteiger charge is -2.09. The minimum atomic E-state index is -0.336. The third kappa shape index (κ3) is 4.97. The number of hydrogen-bond acceptors (Lipinski definition) is 5. The van der Waals surface area contributed by atoms with Gasteiger partial charge in [0.2, 0.25) is 0 Å². The van der Waals surface area contributed by atoms with Gasteiger partial charge in [0.15, 0.2) is 18.1 Å². The maximum atomic E-state index is 11.8. The predicted molar refractivity (Wildman–Crippen MR) is 96.7 cm³/mol. The number of aryl methyl sites for hydroxylation is 1. The summed E-state index contributed by atoms with van der Waals surface area (Å²) in [5.41, 5.74) is 5.34. The molecule has 0 aliphatic heterocycles. The molecule has 25 heavy (non-hydrogen) atoms. The normalized spacial score (nSPS) is 10.6. The van der Waals surface area contributed by atoms with Gasteiger partial charge in [0.25, 0.3) is 5.91 Å². The second kappa shape index (κ2) is 8.73. The Labute approximate surface area is 147 Å². The Morgan fingerprint density at radius 1 is 1.08 bits per heavy atom. The number of carbonyl (C=O) groups is 1. The van der Waals surface area contributed by atoms with Crippen LogP contribution in [0.1, 0.15) is 16.7 Å². The molecular weight excluding hydrogens is 320 g/mol. The Hall–Kier alpha value is -3.02. The fourth-order valence-electron chi connectivity index (χ4n) is 2.17. The molecule has 0 atom stereocenters. The number of amides is 1. The largest absolute Gasteiger partial charge is 0.493 e. The van der Waals surface area contributed by atoms with Crippen molar-refractivity contribution in [3.63, 3.8) is 0 Å². The van der Waals surface area contributed by atoms with E-state index >= 15 is 0 Å². The first-order valence-corrected chi connectivity index (χ1v) is 7.78. The van der Waals surface area contributed by atoms with Crippen LogP contribution in [0.5, 0.6) is 17.2 Å². The molecule has 2 aromatic carbocycles. The van der Waals surface area contributed by atoms with Crippen LogP contribution >= 0.6 is 0 Å². The molecule has 0 radical (unpaired) electrons. The molecule has 0 spiro atoms. The van der Waals surface area contributed by atoms with Crippen LogP contribution in [0, 0.1) is 13.8 Å². The van der Waals surface area contributed by atoms with E-state index in [0.29, 0.717) is 17.2 Å². The zero-order valence-electron chi connectivity index (χ0n) is 14.8. The summed E-state index contributed by atoms with van der Waals surface area (Å²) in [6.45, 7) is 3.85. The second-order valence-electron chi connectivity index (χ2n) is 5.39. The average Bonchev–Trinajstić information content (AvgIpc) is 2.62. The van der Waals surface area contributed by atoms with Crippen LogP contribution in [0.3, 0.4) is 0 Å². The van der Waals surface area contributed by atoms with Crippen LogP contribution in [0.4, 0.5) is 0 Å². The summed E-state index contributed by atoms with van der Waals surface area (Å²) in [5, 5.41) is 3.92. The number of hydrogen-bond donors (Lipinski definition) is 1. The molecule has 0 aromatic heterocycles. The van der Waals surface area contributed by atoms with Crippen molar-refractivity contribution in [1.29, 1.82) is 0 Å². The highest BCUT2D eigenvalue weighted by atomic mass is 16.5. The Morgan fingerprint density at radius 2 is 1.84 bits per heavy atom. The first-order chi connectivity index (χ1) is 12.0. The van der Waals surface area contributed by atoms with E-state index < -0.39 is 0 Å². The van der Waals surface area contributed by atoms with Gasteiger partial charge in [0, 0.05) is 0 Å². The number of hydrazone groups is 1. The van der Waals surface area contributed by atoms with Crippen LogP contribution in [-0.4, -0.2) is 32.9 Å². The van der Waals surface area contributed by atoms with Crippen molar-refractivity contribution in [3.05, 3.63) is 53.1 Å². The third-order valence-electron chi connectivity index (χ3n) is 3.72. The molecule has 2 rings (SSSR count). The topological polar surface area (TPSA) is 69.2 Å². The minimum absolute atomic E-state index is 0.104. The average molecular weight is 342 g/mol. The number of benzene rings is 2. The molecule has 0 unspecified atom stereocenters. The zero-order chi connectivity index (χ0) is 18.2. The van der Waals surface area contributed by atoms with Gasteiger partial charge in [-0.3, -0.25) is 4.79 Å². The molecule has 0 aliphatic rings. The molecule has 0 aliphatic carbocycles. The predicted octanol–water partition coefficient (Wildman–Crippen LogP) is 2.85. The van der Waals surface area contributed by atoms with Crippen LogP contribution in [0.15, 0.2) is 41.5 Å². The molecular formula is C19H22N2O4. The fourth-order valence-corrected chi connectivity index (χ4v) is 2.17. The smallest absolute Gasteiger partial charge is 0.277 e. The van der Waals surface area contributed by atoms with E-state index in [0.717, 1.165) is 16.7 Å². The van der Waals surface area contributed by atoms with Gasteiger partial charge in [-0.05, 0) is 54.8 Å². The number of carbonyl (C=O) groups excluding carboxylic acids is 1. The minimum Gasteiger partial charge on any atom is -0.493 e. The van der Waals surface area contributed by atoms with Gasteiger partial charge >= 0.3 is 0 Å². The van der Waals surface area contributed by atoms with Crippen molar-refractivity contribution >= 4 is 12.1 Å². The molecule has 0 bridgehead atoms. The zero-order valence-corrected chi connectivity index (χ0v) is 14.8. The standard InChI is InChI=1S/C19H22N2O4/c1-13-6-5-7-16(14(13)2)25-12-19(22)21-20-11-15-8-9-17(23-3)18(10-15)24-4/h5-11H,12H2,1-4H3,(H,21,22)/b20-11-. The number of methoxy groups -OCH3 is 2. The van der Waals surface area contributed by atoms with Gasteiger partial charge in [-0.2, -0.15) is 5.10 Å². The SMILES string of the molecule is COc1ccc(/C=N\NC(=O)COc2cccc(C)c2C)cc1OC. The molecule has 0 saturated heterocycles. The molecule has 1 amide bonds. The first kappa shape index (κ1) is 18.3. The summed E-state index contributed by atoms with van der Waals surface area (Å²) < 4.78 is 15.9. The second-order valence-corrected chi connectivity index (χ2v) is 5.39. The summed E-state index contributed by atoms with van der Waals surface area (Å²) in [6.07, 6.45) is 1.53. The lowest BCUT2D eigenvalue weighted by molar-refractivity contribution is -0.123. The summed E-state index contributed by atoms with van der Waals surface area (Å²) in [6, 6.07) is 11.1. The van der Waals surface area contributed by atoms with E-state index in [-0.39, 0.29) is 12.5 Å². The van der Waals surface area contributed by atoms with E-state index in [1.807, 2.05) is 38.1 Å². The molecule has 132 valence electrons. The Bertz CT molecular complexity index is 772. The van der Waals surface area contributed by atoms with Crippen molar-refractivity contribution < 1.29 is 19.0 Å². The lowest BCUT2D eigenvalue weighted by Crippen LogP contribution is -2.24. The highest BCUT2D eigenvalue weighted by Crippen LogP contribution is 2.26. The molecule has 0 saturated carbocycles. The van der Waals surface area contributed by atoms with Crippen molar-refractivity contribution in [2.45, 2.75) is 13.8 Å². The van der Waals surface area contributed by atoms with Gasteiger partial charge in [0.05, 0.1) is 20.4 Å². The number of rotatable bonds is 7. The van der Waals surface area contributed by atoms with Crippen LogP contribution < -0.4 is 19.6 Å². The number of nitrogens with one attached hydrogen (secondary N) is 1. The summed E-state index contributed by atoms with van der Waals surface area (Å²) >= 11 is 0. The van der Waals surface area contributed by atoms with Crippen LogP contribution in [0.2, 0.25) is 0 Å². The Balaban J connectivity index is 1.89. The summed E-state index contributed by atoms with van der Waals surface area (Å²) in [4.78, 5) is 11.8. The van der Waals surface area contributed by atoms with Crippen molar-refractivity contribution in [2.24, 2.45) is 5.10 Å². The molecule has 0 fully saturated rings. The van der Waals surface area contributed by atoms with Gasteiger partial charge in [0.1, 0.15) is 5.75 Å². The summed E-state index contributed by atoms with van der Waals surface area (Å²) in [5.74, 6) is 1.58. The third-order valence-corrected chi connectivity index (χ3v) is 3.72. The Morgan fingerprint density at radius 3 is 2.56 bits per heavy atom. The molecule has 1 N–H and O–H groups in total. The van der Waals surface area contributed by atoms with Gasteiger partial charge in [-0.25, -0.2) is 5.43 Å². The quantitative estimate of drug-likeness (QED) is 0.620. The molecule has 6 nitrogen and oxygen atoms in total. The van der Waals surface area contributed by atoms with E-state index in [9.17, 15) is 4.79 Å². The number of nitrogens with zero attached hydrogens (tertiary/aromatic N) is 1. The van der Waals surface area contributed by atoms with E-state index in [1.165, 1.54) is 6.21 Å². The van der Waals surface area contributed by atoms with E-state index in [4.69, 9.17) is 14.2 Å². The van der Waals surface area contributed by atoms with Gasteiger partial charge < -0.3 is 14.2 Å². The fraction of sp³-hybridized carbons (Fsp3) is 0.263. The highest BCUT2D eigenvalue weighted by Gasteiger charge is 2.06. The highest BCUT2D eigenvalue weighted by molar-refractivity contribution is 5.83. The van der Waals surface area contributed by atoms with Gasteiger partial charge in [-0.1, -0.05) is 12.1 Å².